The van der Waals surface area contributed by atoms with Gasteiger partial charge in [0.15, 0.2) is 0 Å². The summed E-state index contributed by atoms with van der Waals surface area (Å²) in [6.45, 7) is 5.06. The minimum Gasteiger partial charge on any atom is -0.339 e. The molecular formula is C22H24ClN3O3S. The Hall–Kier alpha value is -2.22. The van der Waals surface area contributed by atoms with Crippen LogP contribution in [0.5, 0.6) is 0 Å². The highest BCUT2D eigenvalue weighted by atomic mass is 35.5. The van der Waals surface area contributed by atoms with Crippen LogP contribution in [-0.2, 0) is 10.0 Å². The van der Waals surface area contributed by atoms with Crippen LogP contribution in [-0.4, -0.2) is 36.0 Å². The summed E-state index contributed by atoms with van der Waals surface area (Å²) >= 11 is 5.99. The van der Waals surface area contributed by atoms with Gasteiger partial charge in [0.1, 0.15) is 0 Å². The summed E-state index contributed by atoms with van der Waals surface area (Å²) in [6, 6.07) is 14.5. The molecule has 1 aliphatic heterocycles. The van der Waals surface area contributed by atoms with Crippen LogP contribution in [0.15, 0.2) is 57.9 Å². The molecule has 0 bridgehead atoms. The summed E-state index contributed by atoms with van der Waals surface area (Å²) in [7, 11) is -3.62. The molecular weight excluding hydrogens is 422 g/mol. The molecule has 0 spiro atoms. The predicted octanol–water partition coefficient (Wildman–Crippen LogP) is 5.08. The van der Waals surface area contributed by atoms with E-state index in [1.54, 1.807) is 18.2 Å². The van der Waals surface area contributed by atoms with Crippen molar-refractivity contribution in [1.29, 1.82) is 0 Å². The minimum atomic E-state index is -3.62. The van der Waals surface area contributed by atoms with Crippen LogP contribution in [0.4, 0.5) is 0 Å². The minimum absolute atomic E-state index is 0.135. The Kier molecular flexibility index (Phi) is 5.95. The highest BCUT2D eigenvalue weighted by molar-refractivity contribution is 7.89. The number of sulfonamides is 1. The molecule has 0 saturated carbocycles. The first-order chi connectivity index (χ1) is 14.3. The fraction of sp³-hybridized carbons (Fsp3) is 0.364. The van der Waals surface area contributed by atoms with E-state index < -0.39 is 10.0 Å². The van der Waals surface area contributed by atoms with Gasteiger partial charge in [0.05, 0.1) is 10.8 Å². The molecule has 0 radical (unpaired) electrons. The average molecular weight is 446 g/mol. The summed E-state index contributed by atoms with van der Waals surface area (Å²) in [6.07, 6.45) is 1.53. The normalized spacial score (nSPS) is 18.1. The highest BCUT2D eigenvalue weighted by Crippen LogP contribution is 2.31. The van der Waals surface area contributed by atoms with Crippen molar-refractivity contribution in [3.8, 4) is 11.4 Å². The average Bonchev–Trinajstić information content (AvgIpc) is 3.24. The fourth-order valence-corrected chi connectivity index (χ4v) is 5.50. The van der Waals surface area contributed by atoms with Gasteiger partial charge in [-0.05, 0) is 42.5 Å². The van der Waals surface area contributed by atoms with E-state index >= 15 is 0 Å². The number of rotatable bonds is 5. The maximum Gasteiger partial charge on any atom is 0.243 e. The molecule has 0 aliphatic carbocycles. The van der Waals surface area contributed by atoms with Crippen LogP contribution >= 0.6 is 11.6 Å². The molecule has 1 atom stereocenters. The monoisotopic (exact) mass is 445 g/mol. The van der Waals surface area contributed by atoms with Gasteiger partial charge in [-0.3, -0.25) is 0 Å². The van der Waals surface area contributed by atoms with E-state index in [2.05, 4.69) is 36.1 Å². The third kappa shape index (κ3) is 4.29. The lowest BCUT2D eigenvalue weighted by Crippen LogP contribution is -2.39. The first-order valence-electron chi connectivity index (χ1n) is 10.0. The zero-order chi connectivity index (χ0) is 21.3. The summed E-state index contributed by atoms with van der Waals surface area (Å²) in [4.78, 5) is 4.76. The van der Waals surface area contributed by atoms with Crippen molar-refractivity contribution in [1.82, 2.24) is 14.4 Å². The molecule has 158 valence electrons. The Balaban J connectivity index is 1.53. The Morgan fingerprint density at radius 3 is 2.63 bits per heavy atom. The lowest BCUT2D eigenvalue weighted by Gasteiger charge is -2.30. The van der Waals surface area contributed by atoms with Crippen LogP contribution in [0.2, 0.25) is 5.02 Å². The number of halogens is 1. The van der Waals surface area contributed by atoms with Crippen molar-refractivity contribution in [2.24, 2.45) is 0 Å². The van der Waals surface area contributed by atoms with Gasteiger partial charge in [0, 0.05) is 23.7 Å². The first-order valence-corrected chi connectivity index (χ1v) is 11.9. The van der Waals surface area contributed by atoms with Crippen LogP contribution in [0.1, 0.15) is 50.0 Å². The maximum absolute atomic E-state index is 13.0. The second kappa shape index (κ2) is 8.49. The second-order valence-electron chi connectivity index (χ2n) is 7.89. The lowest BCUT2D eigenvalue weighted by molar-refractivity contribution is 0.265. The largest absolute Gasteiger partial charge is 0.339 e. The van der Waals surface area contributed by atoms with Gasteiger partial charge in [0.25, 0.3) is 0 Å². The fourth-order valence-electron chi connectivity index (χ4n) is 3.67. The number of nitrogens with zero attached hydrogens (tertiary/aromatic N) is 3. The molecule has 1 aliphatic rings. The Labute approximate surface area is 181 Å². The lowest BCUT2D eigenvalue weighted by atomic mass is 9.99. The number of aromatic nitrogens is 2. The van der Waals surface area contributed by atoms with Crippen molar-refractivity contribution in [2.45, 2.75) is 43.4 Å². The van der Waals surface area contributed by atoms with E-state index in [1.807, 2.05) is 12.1 Å². The van der Waals surface area contributed by atoms with Crippen LogP contribution in [0, 0.1) is 0 Å². The molecule has 2 aromatic carbocycles. The highest BCUT2D eigenvalue weighted by Gasteiger charge is 2.33. The topological polar surface area (TPSA) is 76.3 Å². The van der Waals surface area contributed by atoms with Gasteiger partial charge in [-0.1, -0.05) is 60.9 Å². The molecule has 6 nitrogen and oxygen atoms in total. The molecule has 0 amide bonds. The van der Waals surface area contributed by atoms with Crippen molar-refractivity contribution >= 4 is 21.6 Å². The molecule has 1 aromatic heterocycles. The molecule has 30 heavy (non-hydrogen) atoms. The van der Waals surface area contributed by atoms with E-state index in [0.717, 1.165) is 18.4 Å². The van der Waals surface area contributed by atoms with Gasteiger partial charge in [0.2, 0.25) is 21.7 Å². The zero-order valence-electron chi connectivity index (χ0n) is 17.0. The van der Waals surface area contributed by atoms with Gasteiger partial charge in [-0.15, -0.1) is 0 Å². The summed E-state index contributed by atoms with van der Waals surface area (Å²) in [5.74, 6) is 1.32. The van der Waals surface area contributed by atoms with Crippen molar-refractivity contribution in [3.05, 3.63) is 65.0 Å². The predicted molar refractivity (Wildman–Crippen MR) is 116 cm³/mol. The second-order valence-corrected chi connectivity index (χ2v) is 10.3. The molecule has 3 aromatic rings. The standard InChI is InChI=1S/C22H24ClN3O3S/c1-15(2)16-8-10-17(11-9-16)21-24-22(29-25-21)18-5-4-12-26(14-18)30(27,28)20-7-3-6-19(23)13-20/h3,6-11,13,15,18H,4-5,12,14H2,1-2H3/t18-/m1/s1. The smallest absolute Gasteiger partial charge is 0.243 e. The van der Waals surface area contributed by atoms with Crippen LogP contribution < -0.4 is 0 Å². The van der Waals surface area contributed by atoms with Crippen molar-refractivity contribution < 1.29 is 12.9 Å². The van der Waals surface area contributed by atoms with Gasteiger partial charge in [-0.25, -0.2) is 8.42 Å². The Bertz CT molecular complexity index is 1130. The molecule has 8 heteroatoms. The number of hydrogen-bond donors (Lipinski definition) is 0. The molecule has 4 rings (SSSR count). The van der Waals surface area contributed by atoms with E-state index in [1.165, 1.54) is 15.9 Å². The number of benzene rings is 2. The maximum atomic E-state index is 13.0. The van der Waals surface area contributed by atoms with Crippen molar-refractivity contribution in [2.75, 3.05) is 13.1 Å². The molecule has 2 heterocycles. The zero-order valence-corrected chi connectivity index (χ0v) is 18.5. The van der Waals surface area contributed by atoms with E-state index in [4.69, 9.17) is 16.1 Å². The van der Waals surface area contributed by atoms with Crippen molar-refractivity contribution in [3.63, 3.8) is 0 Å². The Morgan fingerprint density at radius 1 is 1.17 bits per heavy atom. The van der Waals surface area contributed by atoms with E-state index in [0.29, 0.717) is 35.7 Å². The summed E-state index contributed by atoms with van der Waals surface area (Å²) in [5, 5.41) is 4.52. The molecule has 0 unspecified atom stereocenters. The van der Waals surface area contributed by atoms with Gasteiger partial charge < -0.3 is 4.52 Å². The molecule has 1 fully saturated rings. The van der Waals surface area contributed by atoms with Gasteiger partial charge >= 0.3 is 0 Å². The van der Waals surface area contributed by atoms with Crippen LogP contribution in [0.25, 0.3) is 11.4 Å². The Morgan fingerprint density at radius 2 is 1.93 bits per heavy atom. The third-order valence-electron chi connectivity index (χ3n) is 5.44. The van der Waals surface area contributed by atoms with Gasteiger partial charge in [-0.2, -0.15) is 9.29 Å². The van der Waals surface area contributed by atoms with E-state index in [9.17, 15) is 8.42 Å². The van der Waals surface area contributed by atoms with Crippen LogP contribution in [0.3, 0.4) is 0 Å². The van der Waals surface area contributed by atoms with E-state index in [-0.39, 0.29) is 10.8 Å². The first kappa shape index (κ1) is 21.0. The number of piperidine rings is 1. The quantitative estimate of drug-likeness (QED) is 0.547. The third-order valence-corrected chi connectivity index (χ3v) is 7.54. The summed E-state index contributed by atoms with van der Waals surface area (Å²) in [5.41, 5.74) is 2.13. The molecule has 1 saturated heterocycles. The molecule has 0 N–H and O–H groups in total. The number of hydrogen-bond acceptors (Lipinski definition) is 5. The summed E-state index contributed by atoms with van der Waals surface area (Å²) < 4.78 is 33.1. The SMILES string of the molecule is CC(C)c1ccc(-c2noc([C@@H]3CCCN(S(=O)(=O)c4cccc(Cl)c4)C3)n2)cc1.